The second kappa shape index (κ2) is 5.31. The molecule has 21 heavy (non-hydrogen) atoms. The smallest absolute Gasteiger partial charge is 0.424 e. The number of amides is 1. The van der Waals surface area contributed by atoms with Crippen molar-refractivity contribution in [2.45, 2.75) is 17.9 Å². The van der Waals surface area contributed by atoms with Crippen LogP contribution in [0.1, 0.15) is 5.56 Å². The first-order valence-corrected chi connectivity index (χ1v) is 8.14. The van der Waals surface area contributed by atoms with Crippen molar-refractivity contribution in [3.63, 3.8) is 0 Å². The highest BCUT2D eigenvalue weighted by Crippen LogP contribution is 2.23. The van der Waals surface area contributed by atoms with E-state index < -0.39 is 22.2 Å². The molecular weight excluding hydrogens is 292 g/mol. The summed E-state index contributed by atoms with van der Waals surface area (Å²) in [6.45, 7) is 2.49. The molecule has 1 saturated heterocycles. The van der Waals surface area contributed by atoms with Crippen LogP contribution in [0.2, 0.25) is 0 Å². The Hall–Kier alpha value is -1.60. The summed E-state index contributed by atoms with van der Waals surface area (Å²) >= 11 is 0. The van der Waals surface area contributed by atoms with Crippen molar-refractivity contribution in [3.8, 4) is 0 Å². The number of benzene rings is 1. The van der Waals surface area contributed by atoms with Gasteiger partial charge in [0.2, 0.25) is 0 Å². The predicted molar refractivity (Wildman–Crippen MR) is 78.2 cm³/mol. The van der Waals surface area contributed by atoms with E-state index in [1.165, 1.54) is 12.1 Å². The molecule has 0 aliphatic carbocycles. The topological polar surface area (TPSA) is 63.7 Å². The predicted octanol–water partition coefficient (Wildman–Crippen LogP) is 1.21. The molecule has 116 valence electrons. The highest BCUT2D eigenvalue weighted by molar-refractivity contribution is 7.89. The van der Waals surface area contributed by atoms with Crippen LogP contribution in [0.25, 0.3) is 0 Å². The molecule has 1 fully saturated rings. The van der Waals surface area contributed by atoms with Gasteiger partial charge in [-0.15, -0.1) is 0 Å². The molecule has 1 amide bonds. The molecule has 2 rings (SSSR count). The second-order valence-electron chi connectivity index (χ2n) is 6.33. The van der Waals surface area contributed by atoms with Crippen molar-refractivity contribution in [2.75, 3.05) is 34.2 Å². The molecule has 0 spiro atoms. The Morgan fingerprint density at radius 1 is 1.24 bits per heavy atom. The summed E-state index contributed by atoms with van der Waals surface area (Å²) in [4.78, 5) is 12.0. The maximum atomic E-state index is 12.5. The zero-order chi connectivity index (χ0) is 15.8. The SMILES string of the molecule is Cc1ccc(S(=O)(=O)N2C[C@H](C[N+](C)(C)C)OC2=O)cc1. The zero-order valence-electron chi connectivity index (χ0n) is 12.7. The Labute approximate surface area is 125 Å². The van der Waals surface area contributed by atoms with Crippen molar-refractivity contribution in [2.24, 2.45) is 0 Å². The zero-order valence-corrected chi connectivity index (χ0v) is 13.6. The number of quaternary nitrogens is 1. The normalized spacial score (nSPS) is 19.7. The van der Waals surface area contributed by atoms with Crippen LogP contribution in [0.3, 0.4) is 0 Å². The van der Waals surface area contributed by atoms with E-state index in [0.29, 0.717) is 11.0 Å². The highest BCUT2D eigenvalue weighted by Gasteiger charge is 2.42. The van der Waals surface area contributed by atoms with Crippen LogP contribution in [-0.2, 0) is 14.8 Å². The quantitative estimate of drug-likeness (QED) is 0.784. The maximum absolute atomic E-state index is 12.5. The number of sulfonamides is 1. The van der Waals surface area contributed by atoms with E-state index in [0.717, 1.165) is 9.87 Å². The number of cyclic esters (lactones) is 1. The molecule has 0 saturated carbocycles. The van der Waals surface area contributed by atoms with E-state index in [9.17, 15) is 13.2 Å². The number of ether oxygens (including phenoxy) is 1. The van der Waals surface area contributed by atoms with Gasteiger partial charge >= 0.3 is 6.09 Å². The molecule has 0 unspecified atom stereocenters. The number of likely N-dealkylation sites (N-methyl/N-ethyl adjacent to an activating group) is 1. The molecule has 1 aromatic rings. The lowest BCUT2D eigenvalue weighted by molar-refractivity contribution is -0.873. The average Bonchev–Trinajstić information content (AvgIpc) is 2.69. The van der Waals surface area contributed by atoms with Crippen molar-refractivity contribution < 1.29 is 22.4 Å². The molecule has 6 nitrogen and oxygen atoms in total. The van der Waals surface area contributed by atoms with Gasteiger partial charge in [0, 0.05) is 0 Å². The first kappa shape index (κ1) is 15.8. The van der Waals surface area contributed by atoms with Crippen LogP contribution in [-0.4, -0.2) is 63.6 Å². The van der Waals surface area contributed by atoms with Gasteiger partial charge in [-0.2, -0.15) is 4.31 Å². The number of hydrogen-bond donors (Lipinski definition) is 0. The van der Waals surface area contributed by atoms with Crippen LogP contribution in [0.4, 0.5) is 4.79 Å². The summed E-state index contributed by atoms with van der Waals surface area (Å²) in [5.41, 5.74) is 0.959. The van der Waals surface area contributed by atoms with Crippen molar-refractivity contribution >= 4 is 16.1 Å². The van der Waals surface area contributed by atoms with E-state index in [4.69, 9.17) is 4.74 Å². The summed E-state index contributed by atoms with van der Waals surface area (Å²) < 4.78 is 31.6. The van der Waals surface area contributed by atoms with Crippen LogP contribution in [0.15, 0.2) is 29.2 Å². The van der Waals surface area contributed by atoms with Gasteiger partial charge in [-0.05, 0) is 19.1 Å². The third-order valence-electron chi connectivity index (χ3n) is 3.20. The average molecular weight is 313 g/mol. The van der Waals surface area contributed by atoms with E-state index in [1.54, 1.807) is 12.1 Å². The highest BCUT2D eigenvalue weighted by atomic mass is 32.2. The van der Waals surface area contributed by atoms with E-state index in [-0.39, 0.29) is 11.4 Å². The Morgan fingerprint density at radius 3 is 2.33 bits per heavy atom. The molecule has 0 bridgehead atoms. The number of aryl methyl sites for hydroxylation is 1. The van der Waals surface area contributed by atoms with Crippen molar-refractivity contribution in [3.05, 3.63) is 29.8 Å². The Bertz CT molecular complexity index is 632. The fraction of sp³-hybridized carbons (Fsp3) is 0.500. The Kier molecular flexibility index (Phi) is 3.99. The van der Waals surface area contributed by atoms with Gasteiger partial charge in [0.1, 0.15) is 6.54 Å². The van der Waals surface area contributed by atoms with E-state index >= 15 is 0 Å². The molecule has 1 aliphatic heterocycles. The van der Waals surface area contributed by atoms with Gasteiger partial charge in [0.05, 0.1) is 32.6 Å². The summed E-state index contributed by atoms with van der Waals surface area (Å²) in [7, 11) is 2.05. The lowest BCUT2D eigenvalue weighted by Crippen LogP contribution is -2.43. The van der Waals surface area contributed by atoms with Crippen molar-refractivity contribution in [1.29, 1.82) is 0 Å². The van der Waals surface area contributed by atoms with E-state index in [2.05, 4.69) is 0 Å². The summed E-state index contributed by atoms with van der Waals surface area (Å²) in [6, 6.07) is 6.42. The third kappa shape index (κ3) is 3.54. The van der Waals surface area contributed by atoms with Crippen LogP contribution in [0.5, 0.6) is 0 Å². The van der Waals surface area contributed by atoms with Gasteiger partial charge in [-0.25, -0.2) is 13.2 Å². The lowest BCUT2D eigenvalue weighted by Gasteiger charge is -2.25. The number of carbonyl (C=O) groups is 1. The summed E-state index contributed by atoms with van der Waals surface area (Å²) in [5.74, 6) is 0. The van der Waals surface area contributed by atoms with Crippen LogP contribution in [0, 0.1) is 6.92 Å². The molecule has 0 aromatic heterocycles. The molecular formula is C14H21N2O4S+. The molecule has 0 N–H and O–H groups in total. The van der Waals surface area contributed by atoms with Gasteiger partial charge in [0.25, 0.3) is 10.0 Å². The number of rotatable bonds is 4. The number of nitrogens with zero attached hydrogens (tertiary/aromatic N) is 2. The minimum Gasteiger partial charge on any atom is -0.437 e. The lowest BCUT2D eigenvalue weighted by atomic mass is 10.2. The molecule has 1 heterocycles. The molecule has 1 aliphatic rings. The fourth-order valence-electron chi connectivity index (χ4n) is 2.24. The maximum Gasteiger partial charge on any atom is 0.424 e. The molecule has 1 aromatic carbocycles. The van der Waals surface area contributed by atoms with Crippen LogP contribution >= 0.6 is 0 Å². The fourth-order valence-corrected chi connectivity index (χ4v) is 3.57. The minimum atomic E-state index is -3.84. The van der Waals surface area contributed by atoms with E-state index in [1.807, 2.05) is 28.1 Å². The van der Waals surface area contributed by atoms with Crippen molar-refractivity contribution in [1.82, 2.24) is 4.31 Å². The Morgan fingerprint density at radius 2 is 1.81 bits per heavy atom. The molecule has 0 radical (unpaired) electrons. The number of hydrogen-bond acceptors (Lipinski definition) is 4. The second-order valence-corrected chi connectivity index (χ2v) is 8.19. The molecule has 7 heteroatoms. The summed E-state index contributed by atoms with van der Waals surface area (Å²) in [5, 5.41) is 0. The van der Waals surface area contributed by atoms with Gasteiger partial charge in [0.15, 0.2) is 6.10 Å². The standard InChI is InChI=1S/C14H21N2O4S/c1-11-5-7-13(8-6-11)21(18,19)15-9-12(20-14(15)17)10-16(2,3)4/h5-8,12H,9-10H2,1-4H3/q+1/t12-/m1/s1. The minimum absolute atomic E-state index is 0.0601. The van der Waals surface area contributed by atoms with Crippen LogP contribution < -0.4 is 0 Å². The molecule has 1 atom stereocenters. The number of carbonyl (C=O) groups excluding carboxylic acids is 1. The third-order valence-corrected chi connectivity index (χ3v) is 4.95. The van der Waals surface area contributed by atoms with Gasteiger partial charge in [-0.3, -0.25) is 0 Å². The monoisotopic (exact) mass is 313 g/mol. The first-order chi connectivity index (χ1) is 9.59. The Balaban J connectivity index is 2.21. The first-order valence-electron chi connectivity index (χ1n) is 6.70. The largest absolute Gasteiger partial charge is 0.437 e. The van der Waals surface area contributed by atoms with Gasteiger partial charge in [-0.1, -0.05) is 17.7 Å². The summed E-state index contributed by atoms with van der Waals surface area (Å²) in [6.07, 6.45) is -1.22. The van der Waals surface area contributed by atoms with Gasteiger partial charge < -0.3 is 9.22 Å².